The number of benzene rings is 1. The fourth-order valence-electron chi connectivity index (χ4n) is 2.12. The van der Waals surface area contributed by atoms with Gasteiger partial charge in [-0.15, -0.1) is 0 Å². The summed E-state index contributed by atoms with van der Waals surface area (Å²) in [5.41, 5.74) is 0.533. The normalized spacial score (nSPS) is 12.0. The molecule has 2 aromatic rings. The van der Waals surface area contributed by atoms with Crippen LogP contribution >= 0.6 is 0 Å². The average molecular weight is 261 g/mol. The van der Waals surface area contributed by atoms with Gasteiger partial charge in [-0.2, -0.15) is 0 Å². The van der Waals surface area contributed by atoms with Gasteiger partial charge in [0.1, 0.15) is 5.75 Å². The summed E-state index contributed by atoms with van der Waals surface area (Å²) in [4.78, 5) is 0. The molecule has 3 nitrogen and oxygen atoms in total. The molecule has 0 saturated carbocycles. The van der Waals surface area contributed by atoms with Crippen molar-refractivity contribution in [2.75, 3.05) is 6.61 Å². The van der Waals surface area contributed by atoms with Crippen LogP contribution in [0.4, 0.5) is 0 Å². The van der Waals surface area contributed by atoms with Gasteiger partial charge in [-0.3, -0.25) is 0 Å². The standard InChI is InChI=1S/C16H23NO2/c1-4-12-19-15-7-5-6-14-13(15)8-10-17(14)11-9-16(2,3)18/h5-8,10,18H,4,9,11-12H2,1-3H3. The van der Waals surface area contributed by atoms with Crippen LogP contribution in [0.2, 0.25) is 0 Å². The second-order valence-electron chi connectivity index (χ2n) is 5.61. The average Bonchev–Trinajstić information content (AvgIpc) is 2.76. The van der Waals surface area contributed by atoms with E-state index in [9.17, 15) is 5.11 Å². The van der Waals surface area contributed by atoms with Crippen LogP contribution in [0, 0.1) is 0 Å². The Balaban J connectivity index is 2.23. The third-order valence-electron chi connectivity index (χ3n) is 3.20. The zero-order valence-corrected chi connectivity index (χ0v) is 12.0. The van der Waals surface area contributed by atoms with Gasteiger partial charge in [-0.1, -0.05) is 13.0 Å². The first kappa shape index (κ1) is 13.9. The number of aliphatic hydroxyl groups is 1. The predicted octanol–water partition coefficient (Wildman–Crippen LogP) is 3.59. The summed E-state index contributed by atoms with van der Waals surface area (Å²) in [6.07, 6.45) is 3.81. The van der Waals surface area contributed by atoms with Gasteiger partial charge in [-0.05, 0) is 44.9 Å². The van der Waals surface area contributed by atoms with Crippen LogP contribution in [-0.4, -0.2) is 21.9 Å². The fourth-order valence-corrected chi connectivity index (χ4v) is 2.12. The Bertz CT molecular complexity index is 537. The van der Waals surface area contributed by atoms with Crippen LogP contribution < -0.4 is 4.74 Å². The van der Waals surface area contributed by atoms with Crippen LogP contribution in [0.15, 0.2) is 30.5 Å². The van der Waals surface area contributed by atoms with Crippen molar-refractivity contribution in [1.82, 2.24) is 4.57 Å². The smallest absolute Gasteiger partial charge is 0.128 e. The molecule has 0 atom stereocenters. The van der Waals surface area contributed by atoms with E-state index in [2.05, 4.69) is 29.8 Å². The third kappa shape index (κ3) is 3.51. The lowest BCUT2D eigenvalue weighted by Gasteiger charge is -2.17. The molecule has 0 amide bonds. The van der Waals surface area contributed by atoms with Crippen molar-refractivity contribution in [3.05, 3.63) is 30.5 Å². The van der Waals surface area contributed by atoms with Crippen LogP contribution in [0.1, 0.15) is 33.6 Å². The van der Waals surface area contributed by atoms with Crippen LogP contribution in [0.25, 0.3) is 10.9 Å². The lowest BCUT2D eigenvalue weighted by Crippen LogP contribution is -2.20. The van der Waals surface area contributed by atoms with Gasteiger partial charge < -0.3 is 14.4 Å². The zero-order chi connectivity index (χ0) is 13.9. The number of aryl methyl sites for hydroxylation is 1. The van der Waals surface area contributed by atoms with E-state index in [4.69, 9.17) is 4.74 Å². The summed E-state index contributed by atoms with van der Waals surface area (Å²) in [7, 11) is 0. The van der Waals surface area contributed by atoms with Gasteiger partial charge in [0.2, 0.25) is 0 Å². The van der Waals surface area contributed by atoms with Gasteiger partial charge in [0.15, 0.2) is 0 Å². The first-order chi connectivity index (χ1) is 9.01. The van der Waals surface area contributed by atoms with Crippen molar-refractivity contribution in [3.8, 4) is 5.75 Å². The third-order valence-corrected chi connectivity index (χ3v) is 3.20. The minimum atomic E-state index is -0.632. The van der Waals surface area contributed by atoms with E-state index >= 15 is 0 Å². The molecule has 1 N–H and O–H groups in total. The molecule has 1 aromatic carbocycles. The van der Waals surface area contributed by atoms with E-state index in [1.54, 1.807) is 0 Å². The van der Waals surface area contributed by atoms with Crippen molar-refractivity contribution in [1.29, 1.82) is 0 Å². The number of aromatic nitrogens is 1. The summed E-state index contributed by atoms with van der Waals surface area (Å²) >= 11 is 0. The van der Waals surface area contributed by atoms with E-state index < -0.39 is 5.60 Å². The van der Waals surface area contributed by atoms with Crippen LogP contribution in [0.3, 0.4) is 0 Å². The number of nitrogens with zero attached hydrogens (tertiary/aromatic N) is 1. The molecule has 0 radical (unpaired) electrons. The van der Waals surface area contributed by atoms with E-state index in [1.807, 2.05) is 26.0 Å². The molecule has 0 bridgehead atoms. The van der Waals surface area contributed by atoms with E-state index in [0.29, 0.717) is 0 Å². The van der Waals surface area contributed by atoms with Gasteiger partial charge >= 0.3 is 0 Å². The highest BCUT2D eigenvalue weighted by Gasteiger charge is 2.13. The molecule has 3 heteroatoms. The molecule has 1 heterocycles. The summed E-state index contributed by atoms with van der Waals surface area (Å²) in [5.74, 6) is 0.946. The Morgan fingerprint density at radius 2 is 2.05 bits per heavy atom. The first-order valence-electron chi connectivity index (χ1n) is 6.94. The molecule has 0 aliphatic heterocycles. The monoisotopic (exact) mass is 261 g/mol. The zero-order valence-electron chi connectivity index (χ0n) is 12.0. The molecule has 0 saturated heterocycles. The summed E-state index contributed by atoms with van der Waals surface area (Å²) in [5, 5.41) is 11.0. The number of hydrogen-bond acceptors (Lipinski definition) is 2. The second-order valence-corrected chi connectivity index (χ2v) is 5.61. The molecular formula is C16H23NO2. The number of rotatable bonds is 6. The van der Waals surface area contributed by atoms with E-state index in [1.165, 1.54) is 0 Å². The Morgan fingerprint density at radius 1 is 1.26 bits per heavy atom. The number of hydrogen-bond donors (Lipinski definition) is 1. The predicted molar refractivity (Wildman–Crippen MR) is 78.6 cm³/mol. The number of fused-ring (bicyclic) bond motifs is 1. The van der Waals surface area contributed by atoms with Crippen LogP contribution in [0.5, 0.6) is 5.75 Å². The minimum Gasteiger partial charge on any atom is -0.493 e. The maximum atomic E-state index is 9.82. The van der Waals surface area contributed by atoms with Gasteiger partial charge in [0.05, 0.1) is 17.7 Å². The molecule has 0 aliphatic carbocycles. The molecule has 2 rings (SSSR count). The van der Waals surface area contributed by atoms with Gasteiger partial charge in [-0.25, -0.2) is 0 Å². The highest BCUT2D eigenvalue weighted by atomic mass is 16.5. The molecule has 0 unspecified atom stereocenters. The molecular weight excluding hydrogens is 238 g/mol. The van der Waals surface area contributed by atoms with E-state index in [-0.39, 0.29) is 0 Å². The van der Waals surface area contributed by atoms with Crippen LogP contribution in [-0.2, 0) is 6.54 Å². The van der Waals surface area contributed by atoms with Gasteiger partial charge in [0.25, 0.3) is 0 Å². The molecule has 19 heavy (non-hydrogen) atoms. The lowest BCUT2D eigenvalue weighted by molar-refractivity contribution is 0.0666. The summed E-state index contributed by atoms with van der Waals surface area (Å²) in [6.45, 7) is 7.34. The van der Waals surface area contributed by atoms with Crippen molar-refractivity contribution < 1.29 is 9.84 Å². The van der Waals surface area contributed by atoms with Crippen molar-refractivity contribution in [3.63, 3.8) is 0 Å². The lowest BCUT2D eigenvalue weighted by atomic mass is 10.1. The Labute approximate surface area is 114 Å². The number of ether oxygens (including phenoxy) is 1. The molecule has 1 aromatic heterocycles. The maximum absolute atomic E-state index is 9.82. The van der Waals surface area contributed by atoms with E-state index in [0.717, 1.165) is 42.6 Å². The maximum Gasteiger partial charge on any atom is 0.128 e. The highest BCUT2D eigenvalue weighted by Crippen LogP contribution is 2.27. The Kier molecular flexibility index (Phi) is 4.15. The summed E-state index contributed by atoms with van der Waals surface area (Å²) in [6, 6.07) is 8.22. The first-order valence-corrected chi connectivity index (χ1v) is 6.94. The van der Waals surface area contributed by atoms with Crippen molar-refractivity contribution in [2.45, 2.75) is 45.8 Å². The van der Waals surface area contributed by atoms with Crippen molar-refractivity contribution >= 4 is 10.9 Å². The van der Waals surface area contributed by atoms with Gasteiger partial charge in [0, 0.05) is 18.1 Å². The fraction of sp³-hybridized carbons (Fsp3) is 0.500. The molecule has 0 spiro atoms. The molecule has 0 fully saturated rings. The largest absolute Gasteiger partial charge is 0.493 e. The highest BCUT2D eigenvalue weighted by molar-refractivity contribution is 5.86. The summed E-state index contributed by atoms with van der Waals surface area (Å²) < 4.78 is 7.94. The molecule has 104 valence electrons. The SMILES string of the molecule is CCCOc1cccc2c1ccn2CCC(C)(C)O. The quantitative estimate of drug-likeness (QED) is 0.862. The molecule has 0 aliphatic rings. The minimum absolute atomic E-state index is 0.632. The Morgan fingerprint density at radius 3 is 2.74 bits per heavy atom. The topological polar surface area (TPSA) is 34.4 Å². The Hall–Kier alpha value is -1.48. The van der Waals surface area contributed by atoms with Crippen molar-refractivity contribution in [2.24, 2.45) is 0 Å². The second kappa shape index (κ2) is 5.66.